The van der Waals surface area contributed by atoms with E-state index < -0.39 is 0 Å². The standard InChI is InChI=1S/C32H22N2S/c1-32(2)23-15-7-5-13-21(23)28-29(32)20-12-4-3-11-19(20)27-22-14-6-9-17-25(22)34(30(27)28)31-33-24-16-8-10-18-26(24)35-31/h3-18H,1-2H3. The fraction of sp³-hybridized carbons (Fsp3) is 0.0938. The molecule has 1 aliphatic rings. The number of nitrogens with zero attached hydrogens (tertiary/aromatic N) is 2. The Kier molecular flexibility index (Phi) is 3.64. The minimum Gasteiger partial charge on any atom is -0.285 e. The van der Waals surface area contributed by atoms with Gasteiger partial charge in [-0.25, -0.2) is 4.98 Å². The van der Waals surface area contributed by atoms with Crippen LogP contribution in [-0.4, -0.2) is 9.55 Å². The SMILES string of the molecule is CC1(C)c2ccccc2-c2c1c1ccccc1c1c3ccccc3n(-c3nc4ccccc4s3)c21. The highest BCUT2D eigenvalue weighted by atomic mass is 32.1. The van der Waals surface area contributed by atoms with Crippen LogP contribution >= 0.6 is 11.3 Å². The molecule has 0 saturated heterocycles. The smallest absolute Gasteiger partial charge is 0.195 e. The van der Waals surface area contributed by atoms with Crippen molar-refractivity contribution in [3.63, 3.8) is 0 Å². The summed E-state index contributed by atoms with van der Waals surface area (Å²) < 4.78 is 3.64. The van der Waals surface area contributed by atoms with Crippen molar-refractivity contribution >= 4 is 54.1 Å². The van der Waals surface area contributed by atoms with Crippen LogP contribution in [0.25, 0.3) is 59.1 Å². The molecule has 5 aromatic carbocycles. The lowest BCUT2D eigenvalue weighted by atomic mass is 9.79. The summed E-state index contributed by atoms with van der Waals surface area (Å²) in [7, 11) is 0. The van der Waals surface area contributed by atoms with Crippen LogP contribution in [0.4, 0.5) is 0 Å². The van der Waals surface area contributed by atoms with Gasteiger partial charge in [-0.2, -0.15) is 0 Å². The summed E-state index contributed by atoms with van der Waals surface area (Å²) in [5, 5.41) is 6.29. The maximum absolute atomic E-state index is 5.13. The second kappa shape index (κ2) is 6.59. The highest BCUT2D eigenvalue weighted by molar-refractivity contribution is 7.20. The van der Waals surface area contributed by atoms with Gasteiger partial charge >= 0.3 is 0 Å². The van der Waals surface area contributed by atoms with E-state index in [2.05, 4.69) is 115 Å². The number of aromatic nitrogens is 2. The molecule has 2 aromatic heterocycles. The first-order valence-electron chi connectivity index (χ1n) is 12.1. The molecule has 0 amide bonds. The Hall–Kier alpha value is -3.95. The first-order chi connectivity index (χ1) is 17.1. The fourth-order valence-corrected chi connectivity index (χ4v) is 7.35. The van der Waals surface area contributed by atoms with Gasteiger partial charge in [-0.3, -0.25) is 4.57 Å². The van der Waals surface area contributed by atoms with Crippen molar-refractivity contribution in [2.45, 2.75) is 19.3 Å². The molecular formula is C32H22N2S. The van der Waals surface area contributed by atoms with E-state index in [1.165, 1.54) is 59.5 Å². The molecule has 2 heterocycles. The molecule has 2 nitrogen and oxygen atoms in total. The molecule has 0 unspecified atom stereocenters. The van der Waals surface area contributed by atoms with Crippen molar-refractivity contribution in [1.82, 2.24) is 9.55 Å². The minimum atomic E-state index is -0.0887. The Labute approximate surface area is 207 Å². The number of benzene rings is 5. The van der Waals surface area contributed by atoms with Gasteiger partial charge in [0.25, 0.3) is 0 Å². The van der Waals surface area contributed by atoms with Gasteiger partial charge in [0, 0.05) is 21.8 Å². The molecule has 0 bridgehead atoms. The summed E-state index contributed by atoms with van der Waals surface area (Å²) in [5.41, 5.74) is 8.97. The van der Waals surface area contributed by atoms with Crippen molar-refractivity contribution in [3.8, 4) is 16.3 Å². The highest BCUT2D eigenvalue weighted by Crippen LogP contribution is 2.56. The van der Waals surface area contributed by atoms with Gasteiger partial charge in [0.2, 0.25) is 0 Å². The Morgan fingerprint density at radius 2 is 1.40 bits per heavy atom. The largest absolute Gasteiger partial charge is 0.285 e. The molecule has 35 heavy (non-hydrogen) atoms. The summed E-state index contributed by atoms with van der Waals surface area (Å²) in [5.74, 6) is 0. The predicted octanol–water partition coefficient (Wildman–Crippen LogP) is 8.85. The molecule has 0 atom stereocenters. The zero-order valence-electron chi connectivity index (χ0n) is 19.5. The summed E-state index contributed by atoms with van der Waals surface area (Å²) in [6.07, 6.45) is 0. The van der Waals surface area contributed by atoms with Gasteiger partial charge in [0.15, 0.2) is 5.13 Å². The first kappa shape index (κ1) is 19.4. The number of rotatable bonds is 1. The van der Waals surface area contributed by atoms with E-state index in [-0.39, 0.29) is 5.41 Å². The van der Waals surface area contributed by atoms with Crippen LogP contribution in [0.3, 0.4) is 0 Å². The van der Waals surface area contributed by atoms with Crippen LogP contribution in [0.1, 0.15) is 25.0 Å². The Balaban J connectivity index is 1.69. The van der Waals surface area contributed by atoms with E-state index in [1.807, 2.05) is 0 Å². The Bertz CT molecular complexity index is 1950. The highest BCUT2D eigenvalue weighted by Gasteiger charge is 2.39. The molecular weight excluding hydrogens is 444 g/mol. The molecule has 1 aliphatic carbocycles. The quantitative estimate of drug-likeness (QED) is 0.236. The van der Waals surface area contributed by atoms with Gasteiger partial charge in [0.1, 0.15) is 0 Å². The van der Waals surface area contributed by atoms with Crippen LogP contribution in [0.15, 0.2) is 97.1 Å². The molecule has 3 heteroatoms. The third-order valence-electron chi connectivity index (χ3n) is 7.80. The average Bonchev–Trinajstić information content (AvgIpc) is 3.53. The number of fused-ring (bicyclic) bond motifs is 11. The monoisotopic (exact) mass is 466 g/mol. The third-order valence-corrected chi connectivity index (χ3v) is 8.82. The lowest BCUT2D eigenvalue weighted by molar-refractivity contribution is 0.666. The van der Waals surface area contributed by atoms with E-state index >= 15 is 0 Å². The summed E-state index contributed by atoms with van der Waals surface area (Å²) in [6, 6.07) is 35.2. The fourth-order valence-electron chi connectivity index (χ4n) is 6.37. The number of hydrogen-bond acceptors (Lipinski definition) is 2. The van der Waals surface area contributed by atoms with E-state index in [1.54, 1.807) is 11.3 Å². The van der Waals surface area contributed by atoms with Crippen molar-refractivity contribution in [3.05, 3.63) is 108 Å². The maximum atomic E-state index is 5.13. The molecule has 0 radical (unpaired) electrons. The number of hydrogen-bond donors (Lipinski definition) is 0. The van der Waals surface area contributed by atoms with Crippen molar-refractivity contribution in [2.24, 2.45) is 0 Å². The van der Waals surface area contributed by atoms with Crippen LogP contribution in [0.2, 0.25) is 0 Å². The van der Waals surface area contributed by atoms with E-state index in [0.717, 1.165) is 10.6 Å². The zero-order valence-corrected chi connectivity index (χ0v) is 20.4. The maximum Gasteiger partial charge on any atom is 0.195 e. The Morgan fingerprint density at radius 1 is 0.714 bits per heavy atom. The van der Waals surface area contributed by atoms with Gasteiger partial charge in [0.05, 0.1) is 21.3 Å². The van der Waals surface area contributed by atoms with Crippen molar-refractivity contribution in [2.75, 3.05) is 0 Å². The summed E-state index contributed by atoms with van der Waals surface area (Å²) >= 11 is 1.77. The van der Waals surface area contributed by atoms with Crippen LogP contribution < -0.4 is 0 Å². The summed E-state index contributed by atoms with van der Waals surface area (Å²) in [6.45, 7) is 4.75. The number of thiazole rings is 1. The first-order valence-corrected chi connectivity index (χ1v) is 12.9. The molecule has 8 rings (SSSR count). The lowest BCUT2D eigenvalue weighted by Crippen LogP contribution is -2.15. The molecule has 0 aliphatic heterocycles. The van der Waals surface area contributed by atoms with Gasteiger partial charge in [-0.1, -0.05) is 104 Å². The summed E-state index contributed by atoms with van der Waals surface area (Å²) in [4.78, 5) is 5.13. The van der Waals surface area contributed by atoms with E-state index in [4.69, 9.17) is 4.98 Å². The zero-order chi connectivity index (χ0) is 23.3. The molecule has 7 aromatic rings. The van der Waals surface area contributed by atoms with Crippen LogP contribution in [0, 0.1) is 0 Å². The predicted molar refractivity (Wildman–Crippen MR) is 149 cm³/mol. The average molecular weight is 467 g/mol. The van der Waals surface area contributed by atoms with Gasteiger partial charge in [-0.05, 0) is 45.7 Å². The lowest BCUT2D eigenvalue weighted by Gasteiger charge is -2.23. The third kappa shape index (κ3) is 2.36. The second-order valence-corrected chi connectivity index (χ2v) is 11.0. The topological polar surface area (TPSA) is 17.8 Å². The van der Waals surface area contributed by atoms with Gasteiger partial charge in [-0.15, -0.1) is 0 Å². The molecule has 0 N–H and O–H groups in total. The van der Waals surface area contributed by atoms with E-state index in [9.17, 15) is 0 Å². The van der Waals surface area contributed by atoms with Crippen LogP contribution in [0.5, 0.6) is 0 Å². The number of para-hydroxylation sites is 2. The normalized spacial score (nSPS) is 14.2. The second-order valence-electron chi connectivity index (χ2n) is 10.0. The van der Waals surface area contributed by atoms with Crippen molar-refractivity contribution < 1.29 is 0 Å². The molecule has 0 saturated carbocycles. The van der Waals surface area contributed by atoms with Crippen molar-refractivity contribution in [1.29, 1.82) is 0 Å². The molecule has 166 valence electrons. The van der Waals surface area contributed by atoms with Crippen LogP contribution in [-0.2, 0) is 5.41 Å². The molecule has 0 fully saturated rings. The minimum absolute atomic E-state index is 0.0887. The molecule has 0 spiro atoms. The Morgan fingerprint density at radius 3 is 2.26 bits per heavy atom. The van der Waals surface area contributed by atoms with Gasteiger partial charge < -0.3 is 0 Å². The van der Waals surface area contributed by atoms with E-state index in [0.29, 0.717) is 0 Å².